The lowest BCUT2D eigenvalue weighted by molar-refractivity contribution is -0.138. The summed E-state index contributed by atoms with van der Waals surface area (Å²) in [5.41, 5.74) is 1.83. The molecular weight excluding hydrogens is 857 g/mol. The van der Waals surface area contributed by atoms with E-state index < -0.39 is 47.7 Å². The highest BCUT2D eigenvalue weighted by molar-refractivity contribution is 6.25. The summed E-state index contributed by atoms with van der Waals surface area (Å²) in [6, 6.07) is 5.99. The maximum absolute atomic E-state index is 14.3. The van der Waals surface area contributed by atoms with Crippen LogP contribution in [0.15, 0.2) is 42.9 Å². The van der Waals surface area contributed by atoms with Gasteiger partial charge in [0.25, 0.3) is 24.1 Å². The molecule has 348 valence electrons. The van der Waals surface area contributed by atoms with Gasteiger partial charge in [0.2, 0.25) is 17.7 Å². The molecule has 3 N–H and O–H groups in total. The number of rotatable bonds is 13. The number of imide groups is 2. The fourth-order valence-corrected chi connectivity index (χ4v) is 11.1. The average molecular weight is 910 g/mol. The Morgan fingerprint density at radius 1 is 0.985 bits per heavy atom. The minimum absolute atomic E-state index is 0.0544. The second kappa shape index (κ2) is 17.9. The third-order valence-corrected chi connectivity index (χ3v) is 14.7. The van der Waals surface area contributed by atoms with Crippen molar-refractivity contribution in [1.29, 1.82) is 0 Å². The molecule has 5 fully saturated rings. The Labute approximate surface area is 378 Å². The molecule has 2 aliphatic carbocycles. The molecule has 7 heterocycles. The van der Waals surface area contributed by atoms with E-state index in [1.54, 1.807) is 24.4 Å². The summed E-state index contributed by atoms with van der Waals surface area (Å²) in [6.07, 6.45) is 8.77. The number of carbonyl (C=O) groups is 6. The van der Waals surface area contributed by atoms with Crippen molar-refractivity contribution in [2.24, 2.45) is 11.8 Å². The van der Waals surface area contributed by atoms with Gasteiger partial charge >= 0.3 is 0 Å². The third-order valence-electron chi connectivity index (χ3n) is 14.7. The lowest BCUT2D eigenvalue weighted by Crippen LogP contribution is -2.54. The van der Waals surface area contributed by atoms with Gasteiger partial charge in [0.05, 0.1) is 41.8 Å². The molecule has 3 aromatic heterocycles. The van der Waals surface area contributed by atoms with Crippen LogP contribution in [0, 0.1) is 11.8 Å². The largest absolute Gasteiger partial charge is 0.384 e. The normalized spacial score (nSPS) is 25.7. The maximum Gasteiger partial charge on any atom is 0.284 e. The van der Waals surface area contributed by atoms with Crippen molar-refractivity contribution >= 4 is 52.5 Å². The van der Waals surface area contributed by atoms with Crippen molar-refractivity contribution in [1.82, 2.24) is 44.4 Å². The van der Waals surface area contributed by atoms with Gasteiger partial charge in [-0.15, -0.1) is 0 Å². The zero-order valence-corrected chi connectivity index (χ0v) is 36.7. The summed E-state index contributed by atoms with van der Waals surface area (Å²) in [7, 11) is 2.07. The van der Waals surface area contributed by atoms with Gasteiger partial charge in [-0.05, 0) is 102 Å². The molecule has 2 bridgehead atoms. The third kappa shape index (κ3) is 8.22. The van der Waals surface area contributed by atoms with Gasteiger partial charge in [-0.3, -0.25) is 43.7 Å². The standard InChI is InChI=1S/C46H53F2N11O7/c1-55(16-3-15-49-34-5-2-4-30-38(34)46(65)59(45(30)64)36-10-11-37(60)53-43(36)62)27-12-17-56(18-13-27)44(63)25-6-8-28(9-7-25)58-23-35(39(54-58)40(47)48)52-42(61)32-22-50-57-19-14-33(51-41(32)57)31-21-29-20-26(31)24-66-29/h2,4-5,14,19,22-23,25-29,31,36,40,49H,3,6-13,15-18,20-21,24H2,1H3,(H,52,61)(H,53,60,62)/t25-,26-,28-,29-,31?,36?/m1/s1. The second-order valence-electron chi connectivity index (χ2n) is 18.6. The van der Waals surface area contributed by atoms with E-state index in [1.807, 2.05) is 11.0 Å². The van der Waals surface area contributed by atoms with E-state index in [9.17, 15) is 37.5 Å². The van der Waals surface area contributed by atoms with Gasteiger partial charge in [0.1, 0.15) is 11.6 Å². The SMILES string of the molecule is CN(CCCNc1cccc2c1C(=O)N(C1CCC(=O)NC1=O)C2=O)C1CCN(C(=O)[C@H]2CC[C@H](n3cc(NC(=O)c4cnn5ccc(C6C[C@H]7C[C@@H]6CO7)nc45)c(C(F)F)n3)CC2)CC1. The Morgan fingerprint density at radius 2 is 1.79 bits per heavy atom. The quantitative estimate of drug-likeness (QED) is 0.125. The van der Waals surface area contributed by atoms with Gasteiger partial charge in [-0.1, -0.05) is 6.07 Å². The molecule has 66 heavy (non-hydrogen) atoms. The summed E-state index contributed by atoms with van der Waals surface area (Å²) in [4.78, 5) is 88.1. The number of amides is 6. The summed E-state index contributed by atoms with van der Waals surface area (Å²) in [5, 5.41) is 16.7. The van der Waals surface area contributed by atoms with Gasteiger partial charge in [0, 0.05) is 67.7 Å². The molecule has 2 saturated carbocycles. The molecule has 6 amide bonds. The van der Waals surface area contributed by atoms with Crippen molar-refractivity contribution in [3.05, 3.63) is 70.9 Å². The highest BCUT2D eigenvalue weighted by atomic mass is 19.3. The van der Waals surface area contributed by atoms with Crippen LogP contribution in [-0.4, -0.2) is 133 Å². The molecule has 4 aliphatic heterocycles. The lowest BCUT2D eigenvalue weighted by Gasteiger charge is -2.39. The predicted molar refractivity (Wildman–Crippen MR) is 233 cm³/mol. The number of anilines is 2. The lowest BCUT2D eigenvalue weighted by atomic mass is 9.84. The minimum Gasteiger partial charge on any atom is -0.384 e. The number of nitrogens with one attached hydrogen (secondary N) is 3. The topological polar surface area (TPSA) is 205 Å². The van der Waals surface area contributed by atoms with E-state index in [1.165, 1.54) is 21.6 Å². The average Bonchev–Trinajstić information content (AvgIpc) is 4.18. The number of halogens is 2. The first kappa shape index (κ1) is 43.7. The summed E-state index contributed by atoms with van der Waals surface area (Å²) >= 11 is 0. The molecule has 3 saturated heterocycles. The van der Waals surface area contributed by atoms with Gasteiger partial charge in [-0.25, -0.2) is 18.3 Å². The van der Waals surface area contributed by atoms with E-state index >= 15 is 0 Å². The van der Waals surface area contributed by atoms with Crippen molar-refractivity contribution in [3.63, 3.8) is 0 Å². The Balaban J connectivity index is 0.680. The number of nitrogens with zero attached hydrogens (tertiary/aromatic N) is 8. The minimum atomic E-state index is -2.91. The number of fused-ring (bicyclic) bond motifs is 4. The van der Waals surface area contributed by atoms with Crippen LogP contribution in [0.3, 0.4) is 0 Å². The molecule has 1 aromatic carbocycles. The van der Waals surface area contributed by atoms with Crippen molar-refractivity contribution in [2.45, 2.75) is 107 Å². The van der Waals surface area contributed by atoms with E-state index in [0.717, 1.165) is 49.2 Å². The van der Waals surface area contributed by atoms with Crippen LogP contribution < -0.4 is 16.0 Å². The van der Waals surface area contributed by atoms with Crippen molar-refractivity contribution < 1.29 is 42.3 Å². The smallest absolute Gasteiger partial charge is 0.284 e. The number of ether oxygens (including phenoxy) is 1. The maximum atomic E-state index is 14.3. The van der Waals surface area contributed by atoms with Gasteiger partial charge in [-0.2, -0.15) is 10.2 Å². The molecule has 0 spiro atoms. The molecule has 18 nitrogen and oxygen atoms in total. The number of likely N-dealkylation sites (tertiary alicyclic amines) is 1. The zero-order valence-electron chi connectivity index (χ0n) is 36.7. The fourth-order valence-electron chi connectivity index (χ4n) is 11.1. The first-order valence-electron chi connectivity index (χ1n) is 23.1. The number of hydrogen-bond acceptors (Lipinski definition) is 12. The van der Waals surface area contributed by atoms with Crippen molar-refractivity contribution in [2.75, 3.05) is 50.5 Å². The van der Waals surface area contributed by atoms with Crippen LogP contribution in [0.1, 0.15) is 131 Å². The van der Waals surface area contributed by atoms with Crippen molar-refractivity contribution in [3.8, 4) is 0 Å². The monoisotopic (exact) mass is 909 g/mol. The highest BCUT2D eigenvalue weighted by Gasteiger charge is 2.46. The Morgan fingerprint density at radius 3 is 2.52 bits per heavy atom. The molecule has 20 heteroatoms. The van der Waals surface area contributed by atoms with Crippen LogP contribution in [0.25, 0.3) is 5.65 Å². The first-order valence-corrected chi connectivity index (χ1v) is 23.1. The highest BCUT2D eigenvalue weighted by Crippen LogP contribution is 2.45. The molecule has 0 radical (unpaired) electrons. The first-order chi connectivity index (χ1) is 31.9. The van der Waals surface area contributed by atoms with E-state index in [4.69, 9.17) is 9.72 Å². The van der Waals surface area contributed by atoms with Crippen LogP contribution in [0.4, 0.5) is 20.2 Å². The van der Waals surface area contributed by atoms with Gasteiger partial charge < -0.3 is 25.2 Å². The predicted octanol–water partition coefficient (Wildman–Crippen LogP) is 4.57. The number of hydrogen-bond donors (Lipinski definition) is 3. The van der Waals surface area contributed by atoms with Gasteiger partial charge in [0.15, 0.2) is 11.3 Å². The second-order valence-corrected chi connectivity index (χ2v) is 18.6. The molecule has 10 rings (SSSR count). The fraction of sp³-hybridized carbons (Fsp3) is 0.543. The molecule has 4 aromatic rings. The Kier molecular flexibility index (Phi) is 11.9. The zero-order chi connectivity index (χ0) is 45.8. The molecule has 4 atom stereocenters. The molecular formula is C46H53F2N11O7. The summed E-state index contributed by atoms with van der Waals surface area (Å²) in [6.45, 7) is 3.29. The molecule has 6 aliphatic rings. The Bertz CT molecular complexity index is 2580. The summed E-state index contributed by atoms with van der Waals surface area (Å²) < 4.78 is 37.4. The van der Waals surface area contributed by atoms with Crippen LogP contribution in [-0.2, 0) is 19.1 Å². The number of aromatic nitrogens is 5. The molecule has 2 unspecified atom stereocenters. The van der Waals surface area contributed by atoms with E-state index in [-0.39, 0.29) is 71.2 Å². The Hall–Kier alpha value is -6.15. The number of carbonyl (C=O) groups excluding carboxylic acids is 6. The number of alkyl halides is 2. The number of piperidine rings is 2. The van der Waals surface area contributed by atoms with Crippen LogP contribution in [0.2, 0.25) is 0 Å². The van der Waals surface area contributed by atoms with Crippen LogP contribution in [0.5, 0.6) is 0 Å². The van der Waals surface area contributed by atoms with E-state index in [0.29, 0.717) is 69.2 Å². The van der Waals surface area contributed by atoms with Crippen LogP contribution >= 0.6 is 0 Å². The summed E-state index contributed by atoms with van der Waals surface area (Å²) in [5.74, 6) is -2.17. The van der Waals surface area contributed by atoms with E-state index in [2.05, 4.69) is 38.1 Å². The number of benzene rings is 1.